The second-order valence-electron chi connectivity index (χ2n) is 7.63. The Kier molecular flexibility index (Phi) is 5.92. The second-order valence-corrected chi connectivity index (χ2v) is 7.63. The zero-order valence-electron chi connectivity index (χ0n) is 14.1. The van der Waals surface area contributed by atoms with E-state index in [9.17, 15) is 0 Å². The van der Waals surface area contributed by atoms with Gasteiger partial charge in [0.1, 0.15) is 0 Å². The minimum atomic E-state index is 0.0900. The van der Waals surface area contributed by atoms with Crippen LogP contribution in [0.15, 0.2) is 0 Å². The molecule has 0 aromatic heterocycles. The summed E-state index contributed by atoms with van der Waals surface area (Å²) in [6.45, 7) is 4.86. The Morgan fingerprint density at radius 2 is 1.50 bits per heavy atom. The molecule has 0 heterocycles. The Bertz CT molecular complexity index is 273. The smallest absolute Gasteiger partial charge is 0.0833 e. The van der Waals surface area contributed by atoms with Gasteiger partial charge in [-0.2, -0.15) is 0 Å². The number of hydrogen-bond donors (Lipinski definition) is 1. The Morgan fingerprint density at radius 3 is 1.95 bits per heavy atom. The summed E-state index contributed by atoms with van der Waals surface area (Å²) in [5.41, 5.74) is 0.0900. The SMILES string of the molecule is CNC(C1CC(C)CC(C)C1)C1(OC)CCCCCC1. The van der Waals surface area contributed by atoms with Gasteiger partial charge in [0.05, 0.1) is 5.60 Å². The molecule has 3 unspecified atom stereocenters. The van der Waals surface area contributed by atoms with E-state index < -0.39 is 0 Å². The minimum Gasteiger partial charge on any atom is -0.377 e. The van der Waals surface area contributed by atoms with Gasteiger partial charge in [0.15, 0.2) is 0 Å². The fourth-order valence-corrected chi connectivity index (χ4v) is 5.18. The second kappa shape index (κ2) is 7.26. The minimum absolute atomic E-state index is 0.0900. The highest BCUT2D eigenvalue weighted by atomic mass is 16.5. The molecule has 0 radical (unpaired) electrons. The average molecular weight is 281 g/mol. The topological polar surface area (TPSA) is 21.3 Å². The van der Waals surface area contributed by atoms with Crippen LogP contribution in [-0.2, 0) is 4.74 Å². The molecule has 0 saturated heterocycles. The maximum absolute atomic E-state index is 6.17. The Balaban J connectivity index is 2.15. The summed E-state index contributed by atoms with van der Waals surface area (Å²) in [5.74, 6) is 2.54. The van der Waals surface area contributed by atoms with Crippen LogP contribution in [0.25, 0.3) is 0 Å². The van der Waals surface area contributed by atoms with Crippen LogP contribution in [0.1, 0.15) is 71.6 Å². The molecule has 2 rings (SSSR count). The van der Waals surface area contributed by atoms with E-state index in [0.717, 1.165) is 17.8 Å². The molecule has 0 aromatic rings. The summed E-state index contributed by atoms with van der Waals surface area (Å²) < 4.78 is 6.17. The molecule has 20 heavy (non-hydrogen) atoms. The lowest BCUT2D eigenvalue weighted by atomic mass is 9.68. The van der Waals surface area contributed by atoms with Gasteiger partial charge in [-0.25, -0.2) is 0 Å². The number of methoxy groups -OCH3 is 1. The van der Waals surface area contributed by atoms with E-state index in [1.165, 1.54) is 57.8 Å². The normalized spacial score (nSPS) is 36.3. The van der Waals surface area contributed by atoms with Crippen molar-refractivity contribution in [2.75, 3.05) is 14.2 Å². The maximum Gasteiger partial charge on any atom is 0.0833 e. The lowest BCUT2D eigenvalue weighted by molar-refractivity contribution is -0.0745. The first kappa shape index (κ1) is 16.3. The number of likely N-dealkylation sites (N-methyl/N-ethyl adjacent to an activating group) is 1. The maximum atomic E-state index is 6.17. The predicted molar refractivity (Wildman–Crippen MR) is 86.0 cm³/mol. The molecular weight excluding hydrogens is 246 g/mol. The predicted octanol–water partition coefficient (Wildman–Crippen LogP) is 4.39. The van der Waals surface area contributed by atoms with Crippen LogP contribution in [0.3, 0.4) is 0 Å². The standard InChI is InChI=1S/C18H35NO/c1-14-11-15(2)13-16(12-14)17(19-3)18(20-4)9-7-5-6-8-10-18/h14-17,19H,5-13H2,1-4H3. The fourth-order valence-electron chi connectivity index (χ4n) is 5.18. The molecule has 2 heteroatoms. The van der Waals surface area contributed by atoms with Crippen LogP contribution in [0, 0.1) is 17.8 Å². The van der Waals surface area contributed by atoms with Gasteiger partial charge >= 0.3 is 0 Å². The third kappa shape index (κ3) is 3.57. The molecule has 0 spiro atoms. The van der Waals surface area contributed by atoms with Crippen molar-refractivity contribution in [3.8, 4) is 0 Å². The molecule has 2 nitrogen and oxygen atoms in total. The first-order chi connectivity index (χ1) is 9.61. The van der Waals surface area contributed by atoms with Crippen LogP contribution >= 0.6 is 0 Å². The molecule has 118 valence electrons. The number of ether oxygens (including phenoxy) is 1. The van der Waals surface area contributed by atoms with Crippen molar-refractivity contribution in [3.05, 3.63) is 0 Å². The number of nitrogens with one attached hydrogen (secondary N) is 1. The summed E-state index contributed by atoms with van der Waals surface area (Å²) in [5, 5.41) is 3.68. The van der Waals surface area contributed by atoms with E-state index in [1.807, 2.05) is 7.11 Å². The molecule has 1 N–H and O–H groups in total. The van der Waals surface area contributed by atoms with Crippen molar-refractivity contribution in [3.63, 3.8) is 0 Å². The molecule has 0 aliphatic heterocycles. The third-order valence-electron chi connectivity index (χ3n) is 5.92. The Hall–Kier alpha value is -0.0800. The molecule has 0 aromatic carbocycles. The highest BCUT2D eigenvalue weighted by molar-refractivity contribution is 4.99. The van der Waals surface area contributed by atoms with Crippen LogP contribution in [0.2, 0.25) is 0 Å². The molecule has 2 aliphatic carbocycles. The van der Waals surface area contributed by atoms with Crippen molar-refractivity contribution in [2.24, 2.45) is 17.8 Å². The van der Waals surface area contributed by atoms with Gasteiger partial charge in [-0.05, 0) is 56.9 Å². The van der Waals surface area contributed by atoms with E-state index >= 15 is 0 Å². The van der Waals surface area contributed by atoms with Crippen molar-refractivity contribution in [2.45, 2.75) is 83.3 Å². The van der Waals surface area contributed by atoms with Gasteiger partial charge in [-0.3, -0.25) is 0 Å². The van der Waals surface area contributed by atoms with Crippen molar-refractivity contribution in [1.29, 1.82) is 0 Å². The van der Waals surface area contributed by atoms with Gasteiger partial charge in [0, 0.05) is 13.2 Å². The molecule has 2 saturated carbocycles. The Morgan fingerprint density at radius 1 is 0.950 bits per heavy atom. The lowest BCUT2D eigenvalue weighted by Crippen LogP contribution is -2.55. The number of rotatable bonds is 4. The summed E-state index contributed by atoms with van der Waals surface area (Å²) in [4.78, 5) is 0. The summed E-state index contributed by atoms with van der Waals surface area (Å²) >= 11 is 0. The first-order valence-corrected chi connectivity index (χ1v) is 8.83. The molecule has 3 atom stereocenters. The van der Waals surface area contributed by atoms with Crippen molar-refractivity contribution >= 4 is 0 Å². The van der Waals surface area contributed by atoms with Gasteiger partial charge in [-0.15, -0.1) is 0 Å². The molecule has 2 aliphatic rings. The van der Waals surface area contributed by atoms with Gasteiger partial charge < -0.3 is 10.1 Å². The third-order valence-corrected chi connectivity index (χ3v) is 5.92. The lowest BCUT2D eigenvalue weighted by Gasteiger charge is -2.46. The fraction of sp³-hybridized carbons (Fsp3) is 1.00. The van der Waals surface area contributed by atoms with Crippen molar-refractivity contribution < 1.29 is 4.74 Å². The van der Waals surface area contributed by atoms with E-state index in [1.54, 1.807) is 0 Å². The average Bonchev–Trinajstić information content (AvgIpc) is 2.65. The first-order valence-electron chi connectivity index (χ1n) is 8.83. The summed E-state index contributed by atoms with van der Waals surface area (Å²) in [7, 11) is 4.10. The summed E-state index contributed by atoms with van der Waals surface area (Å²) in [6.07, 6.45) is 12.1. The van der Waals surface area contributed by atoms with Crippen LogP contribution in [0.4, 0.5) is 0 Å². The van der Waals surface area contributed by atoms with Crippen LogP contribution < -0.4 is 5.32 Å². The quantitative estimate of drug-likeness (QED) is 0.772. The van der Waals surface area contributed by atoms with Crippen LogP contribution in [0.5, 0.6) is 0 Å². The van der Waals surface area contributed by atoms with Gasteiger partial charge in [0.25, 0.3) is 0 Å². The molecular formula is C18H35NO. The largest absolute Gasteiger partial charge is 0.377 e. The van der Waals surface area contributed by atoms with E-state index in [0.29, 0.717) is 6.04 Å². The zero-order valence-corrected chi connectivity index (χ0v) is 14.1. The van der Waals surface area contributed by atoms with E-state index in [4.69, 9.17) is 4.74 Å². The summed E-state index contributed by atoms with van der Waals surface area (Å²) in [6, 6.07) is 0.538. The zero-order chi connectivity index (χ0) is 14.6. The number of hydrogen-bond acceptors (Lipinski definition) is 2. The van der Waals surface area contributed by atoms with Crippen LogP contribution in [-0.4, -0.2) is 25.8 Å². The van der Waals surface area contributed by atoms with Gasteiger partial charge in [0.2, 0.25) is 0 Å². The molecule has 2 fully saturated rings. The molecule has 0 amide bonds. The van der Waals surface area contributed by atoms with Crippen molar-refractivity contribution in [1.82, 2.24) is 5.32 Å². The van der Waals surface area contributed by atoms with Gasteiger partial charge in [-0.1, -0.05) is 39.5 Å². The van der Waals surface area contributed by atoms with E-state index in [-0.39, 0.29) is 5.60 Å². The Labute approximate surface area is 126 Å². The highest BCUT2D eigenvalue weighted by Gasteiger charge is 2.44. The van der Waals surface area contributed by atoms with E-state index in [2.05, 4.69) is 26.2 Å². The monoisotopic (exact) mass is 281 g/mol. The highest BCUT2D eigenvalue weighted by Crippen LogP contribution is 2.42. The molecule has 0 bridgehead atoms.